The van der Waals surface area contributed by atoms with Crippen molar-refractivity contribution in [1.82, 2.24) is 0 Å². The summed E-state index contributed by atoms with van der Waals surface area (Å²) in [4.78, 5) is 11.3. The number of halogens is 3. The van der Waals surface area contributed by atoms with Crippen LogP contribution in [0.3, 0.4) is 0 Å². The van der Waals surface area contributed by atoms with Gasteiger partial charge in [-0.2, -0.15) is 8.42 Å². The van der Waals surface area contributed by atoms with Crippen LogP contribution in [0.5, 0.6) is 0 Å². The van der Waals surface area contributed by atoms with Gasteiger partial charge in [0, 0.05) is 5.92 Å². The first kappa shape index (κ1) is 18.9. The zero-order chi connectivity index (χ0) is 16.1. The molecule has 1 aliphatic rings. The van der Waals surface area contributed by atoms with Gasteiger partial charge < -0.3 is 5.11 Å². The molecule has 0 bridgehead atoms. The maximum Gasteiger partial charge on any atom is 0.307 e. The highest BCUT2D eigenvalue weighted by Crippen LogP contribution is 2.64. The Morgan fingerprint density at radius 3 is 2.00 bits per heavy atom. The molecule has 1 rings (SSSR count). The molecule has 0 heterocycles. The number of carbonyl (C=O) groups is 1. The molecular weight excluding hydrogens is 484 g/mol. The van der Waals surface area contributed by atoms with Crippen LogP contribution < -0.4 is 0 Å². The fourth-order valence-electron chi connectivity index (χ4n) is 2.29. The van der Waals surface area contributed by atoms with Crippen molar-refractivity contribution in [1.29, 1.82) is 0 Å². The summed E-state index contributed by atoms with van der Waals surface area (Å²) < 4.78 is 28.2. The van der Waals surface area contributed by atoms with Crippen molar-refractivity contribution >= 4 is 63.9 Å². The summed E-state index contributed by atoms with van der Waals surface area (Å²) in [5, 5.41) is 8.53. The molecule has 1 N–H and O–H groups in total. The molecule has 0 aromatic heterocycles. The monoisotopic (exact) mass is 498 g/mol. The second kappa shape index (κ2) is 5.79. The number of carboxylic acids is 1. The fraction of sp³-hybridized carbons (Fsp3) is 0.909. The lowest BCUT2D eigenvalue weighted by atomic mass is 10.1. The van der Waals surface area contributed by atoms with Crippen molar-refractivity contribution in [3.8, 4) is 0 Å². The second-order valence-electron chi connectivity index (χ2n) is 5.76. The number of alkyl halides is 3. The molecule has 3 atom stereocenters. The predicted molar refractivity (Wildman–Crippen MR) is 86.8 cm³/mol. The third-order valence-electron chi connectivity index (χ3n) is 3.64. The zero-order valence-corrected chi connectivity index (χ0v) is 17.0. The molecule has 0 amide bonds. The summed E-state index contributed by atoms with van der Waals surface area (Å²) in [5.74, 6) is -2.04. The van der Waals surface area contributed by atoms with Gasteiger partial charge in [0.25, 0.3) is 10.1 Å². The van der Waals surface area contributed by atoms with Gasteiger partial charge in [0.15, 0.2) is 2.14 Å². The van der Waals surface area contributed by atoms with Gasteiger partial charge in [-0.1, -0.05) is 61.6 Å². The minimum atomic E-state index is -3.77. The molecule has 1 saturated carbocycles. The number of carboxylic acid groups (broad SMARTS) is 1. The average Bonchev–Trinajstić information content (AvgIpc) is 2.75. The number of hydrogen-bond acceptors (Lipinski definition) is 4. The maximum absolute atomic E-state index is 12.0. The van der Waals surface area contributed by atoms with E-state index >= 15 is 0 Å². The van der Waals surface area contributed by atoms with Gasteiger partial charge in [-0.15, -0.1) is 0 Å². The summed E-state index contributed by atoms with van der Waals surface area (Å²) in [5.41, 5.74) is -0.538. The summed E-state index contributed by atoms with van der Waals surface area (Å²) in [6.45, 7) is 6.59. The third kappa shape index (κ3) is 3.77. The Bertz CT molecular complexity index is 495. The molecule has 1 fully saturated rings. The molecule has 5 nitrogen and oxygen atoms in total. The van der Waals surface area contributed by atoms with Gasteiger partial charge in [-0.05, 0) is 19.3 Å². The van der Waals surface area contributed by atoms with E-state index in [0.717, 1.165) is 0 Å². The molecule has 0 aliphatic heterocycles. The Labute approximate surface area is 144 Å². The molecular formula is C11H17Br3O5S. The van der Waals surface area contributed by atoms with Crippen LogP contribution in [0.15, 0.2) is 0 Å². The highest BCUT2D eigenvalue weighted by molar-refractivity contribution is 9.39. The fourth-order valence-corrected chi connectivity index (χ4v) is 4.57. The van der Waals surface area contributed by atoms with Crippen LogP contribution in [0.1, 0.15) is 27.7 Å². The summed E-state index contributed by atoms with van der Waals surface area (Å²) in [6.07, 6.45) is -0.883. The Balaban J connectivity index is 3.10. The first-order chi connectivity index (χ1) is 8.73. The van der Waals surface area contributed by atoms with Crippen molar-refractivity contribution in [2.24, 2.45) is 17.3 Å². The molecule has 0 radical (unpaired) electrons. The van der Waals surface area contributed by atoms with E-state index in [0.29, 0.717) is 0 Å². The van der Waals surface area contributed by atoms with E-state index in [1.54, 1.807) is 13.8 Å². The van der Waals surface area contributed by atoms with Gasteiger partial charge in [-0.3, -0.25) is 8.98 Å². The molecule has 20 heavy (non-hydrogen) atoms. The van der Waals surface area contributed by atoms with Crippen molar-refractivity contribution in [3.63, 3.8) is 0 Å². The van der Waals surface area contributed by atoms with E-state index in [1.165, 1.54) is 13.8 Å². The van der Waals surface area contributed by atoms with Gasteiger partial charge in [0.05, 0.1) is 11.2 Å². The second-order valence-corrected chi connectivity index (χ2v) is 14.8. The molecule has 0 saturated heterocycles. The molecule has 0 unspecified atom stereocenters. The molecule has 0 spiro atoms. The topological polar surface area (TPSA) is 80.7 Å². The summed E-state index contributed by atoms with van der Waals surface area (Å²) in [7, 11) is -3.77. The van der Waals surface area contributed by atoms with Crippen LogP contribution in [0.25, 0.3) is 0 Å². The van der Waals surface area contributed by atoms with Crippen molar-refractivity contribution < 1.29 is 22.5 Å². The van der Waals surface area contributed by atoms with E-state index in [2.05, 4.69) is 47.8 Å². The third-order valence-corrected chi connectivity index (χ3v) is 6.62. The Kier molecular flexibility index (Phi) is 5.46. The van der Waals surface area contributed by atoms with Crippen LogP contribution in [-0.2, 0) is 19.1 Å². The lowest BCUT2D eigenvalue weighted by Crippen LogP contribution is -2.36. The van der Waals surface area contributed by atoms with E-state index in [-0.39, 0.29) is 0 Å². The average molecular weight is 501 g/mol. The lowest BCUT2D eigenvalue weighted by molar-refractivity contribution is -0.139. The van der Waals surface area contributed by atoms with Gasteiger partial charge in [0.1, 0.15) is 6.10 Å². The summed E-state index contributed by atoms with van der Waals surface area (Å²) in [6, 6.07) is 0. The zero-order valence-electron chi connectivity index (χ0n) is 11.4. The number of hydrogen-bond donors (Lipinski definition) is 1. The van der Waals surface area contributed by atoms with Crippen molar-refractivity contribution in [2.45, 2.75) is 41.2 Å². The predicted octanol–water partition coefficient (Wildman–Crippen LogP) is 3.31. The quantitative estimate of drug-likeness (QED) is 0.463. The van der Waals surface area contributed by atoms with Crippen LogP contribution in [-0.4, -0.2) is 33.0 Å². The van der Waals surface area contributed by atoms with E-state index in [9.17, 15) is 18.3 Å². The summed E-state index contributed by atoms with van der Waals surface area (Å²) >= 11 is 9.80. The number of rotatable bonds is 5. The maximum atomic E-state index is 12.0. The van der Waals surface area contributed by atoms with E-state index in [1.807, 2.05) is 0 Å². The molecule has 9 heteroatoms. The Morgan fingerprint density at radius 1 is 1.30 bits per heavy atom. The molecule has 0 aromatic rings. The smallest absolute Gasteiger partial charge is 0.307 e. The van der Waals surface area contributed by atoms with Crippen molar-refractivity contribution in [3.05, 3.63) is 0 Å². The van der Waals surface area contributed by atoms with Crippen LogP contribution >= 0.6 is 47.8 Å². The Hall–Kier alpha value is 0.820. The van der Waals surface area contributed by atoms with Crippen molar-refractivity contribution in [2.75, 3.05) is 0 Å². The molecule has 118 valence electrons. The SMILES string of the molecule is CC(C)S(=O)(=O)O[C@@H]([C@H]1[C@@H](C(=O)O)C1(C)C)C(Br)(Br)Br. The molecule has 1 aliphatic carbocycles. The normalized spacial score (nSPS) is 27.4. The van der Waals surface area contributed by atoms with Crippen LogP contribution in [0, 0.1) is 17.3 Å². The standard InChI is InChI=1S/C11H17Br3O5S/c1-5(2)20(17,18)19-8(11(12,13)14)6-7(9(15)16)10(6,3)4/h5-8H,1-4H3,(H,15,16)/t6-,7+,8+/m1/s1. The van der Waals surface area contributed by atoms with E-state index in [4.69, 9.17) is 4.18 Å². The van der Waals surface area contributed by atoms with Gasteiger partial charge in [0.2, 0.25) is 0 Å². The van der Waals surface area contributed by atoms with Crippen LogP contribution in [0.4, 0.5) is 0 Å². The highest BCUT2D eigenvalue weighted by atomic mass is 80.0. The minimum Gasteiger partial charge on any atom is -0.481 e. The Morgan fingerprint density at radius 2 is 1.75 bits per heavy atom. The minimum absolute atomic E-state index is 0.438. The van der Waals surface area contributed by atoms with Crippen LogP contribution in [0.2, 0.25) is 0 Å². The lowest BCUT2D eigenvalue weighted by Gasteiger charge is -2.27. The first-order valence-corrected chi connectivity index (χ1v) is 9.79. The van der Waals surface area contributed by atoms with Gasteiger partial charge >= 0.3 is 5.97 Å². The molecule has 0 aromatic carbocycles. The van der Waals surface area contributed by atoms with Gasteiger partial charge in [-0.25, -0.2) is 0 Å². The highest BCUT2D eigenvalue weighted by Gasteiger charge is 2.68. The largest absolute Gasteiger partial charge is 0.481 e. The first-order valence-electron chi connectivity index (χ1n) is 5.94. The van der Waals surface area contributed by atoms with E-state index < -0.39 is 46.8 Å². The number of aliphatic carboxylic acids is 1.